The Morgan fingerprint density at radius 3 is 2.67 bits per heavy atom. The van der Waals surface area contributed by atoms with E-state index >= 15 is 0 Å². The van der Waals surface area contributed by atoms with Crippen LogP contribution in [-0.2, 0) is 5.88 Å². The van der Waals surface area contributed by atoms with Crippen LogP contribution in [0.4, 0.5) is 0 Å². The molecule has 0 amide bonds. The van der Waals surface area contributed by atoms with Crippen molar-refractivity contribution in [3.05, 3.63) is 47.5 Å². The molecule has 2 aromatic carbocycles. The van der Waals surface area contributed by atoms with E-state index in [-0.39, 0.29) is 0 Å². The molecule has 2 rings (SSSR count). The van der Waals surface area contributed by atoms with Gasteiger partial charge in [0, 0.05) is 11.4 Å². The molecule has 0 radical (unpaired) electrons. The van der Waals surface area contributed by atoms with E-state index in [0.29, 0.717) is 11.4 Å². The van der Waals surface area contributed by atoms with E-state index in [1.807, 2.05) is 30.3 Å². The molecule has 0 saturated carbocycles. The molecule has 0 bridgehead atoms. The summed E-state index contributed by atoms with van der Waals surface area (Å²) < 4.78 is 0. The minimum atomic E-state index is -0.438. The van der Waals surface area contributed by atoms with Crippen LogP contribution in [0, 0.1) is 0 Å². The van der Waals surface area contributed by atoms with Crippen LogP contribution in [0.25, 0.3) is 10.8 Å². The summed E-state index contributed by atoms with van der Waals surface area (Å²) in [5, 5.41) is 1.42. The lowest BCUT2D eigenvalue weighted by molar-refractivity contribution is 0.108. The maximum absolute atomic E-state index is 11.2. The zero-order valence-corrected chi connectivity index (χ0v) is 9.35. The van der Waals surface area contributed by atoms with Crippen LogP contribution in [0.3, 0.4) is 0 Å². The molecule has 0 heterocycles. The molecule has 0 aliphatic heterocycles. The van der Waals surface area contributed by atoms with Gasteiger partial charge in [0.15, 0.2) is 0 Å². The highest BCUT2D eigenvalue weighted by atomic mass is 35.5. The topological polar surface area (TPSA) is 17.1 Å². The number of halogens is 2. The summed E-state index contributed by atoms with van der Waals surface area (Å²) in [6.45, 7) is 0. The number of carbonyl (C=O) groups is 1. The van der Waals surface area contributed by atoms with Gasteiger partial charge < -0.3 is 0 Å². The lowest BCUT2D eigenvalue weighted by Gasteiger charge is -2.03. The maximum atomic E-state index is 11.2. The first kappa shape index (κ1) is 10.5. The molecule has 0 spiro atoms. The highest BCUT2D eigenvalue weighted by Crippen LogP contribution is 2.22. The normalized spacial score (nSPS) is 10.5. The summed E-state index contributed by atoms with van der Waals surface area (Å²) in [7, 11) is 0. The fraction of sp³-hybridized carbons (Fsp3) is 0.0833. The Bertz CT molecular complexity index is 520. The average molecular weight is 239 g/mol. The zero-order valence-electron chi connectivity index (χ0n) is 7.84. The van der Waals surface area contributed by atoms with Gasteiger partial charge in [-0.05, 0) is 40.1 Å². The number of alkyl halides is 1. The molecular weight excluding hydrogens is 231 g/mol. The Morgan fingerprint density at radius 2 is 2.00 bits per heavy atom. The Hall–Kier alpha value is -1.05. The summed E-state index contributed by atoms with van der Waals surface area (Å²) in [4.78, 5) is 11.2. The first-order chi connectivity index (χ1) is 7.22. The predicted molar refractivity (Wildman–Crippen MR) is 63.7 cm³/mol. The minimum Gasteiger partial charge on any atom is -0.276 e. The summed E-state index contributed by atoms with van der Waals surface area (Å²) >= 11 is 11.2. The highest BCUT2D eigenvalue weighted by Gasteiger charge is 2.07. The SMILES string of the molecule is O=C(Cl)c1cccc2ccc(CCl)cc12. The summed E-state index contributed by atoms with van der Waals surface area (Å²) in [6.07, 6.45) is 0. The second-order valence-corrected chi connectivity index (χ2v) is 3.88. The van der Waals surface area contributed by atoms with Crippen LogP contribution in [-0.4, -0.2) is 5.24 Å². The van der Waals surface area contributed by atoms with Gasteiger partial charge in [-0.15, -0.1) is 11.6 Å². The van der Waals surface area contributed by atoms with Crippen molar-refractivity contribution in [3.8, 4) is 0 Å². The summed E-state index contributed by atoms with van der Waals surface area (Å²) in [6, 6.07) is 11.3. The van der Waals surface area contributed by atoms with Crippen LogP contribution in [0.2, 0.25) is 0 Å². The van der Waals surface area contributed by atoms with Gasteiger partial charge in [-0.25, -0.2) is 0 Å². The standard InChI is InChI=1S/C12H8Cl2O/c13-7-8-4-5-9-2-1-3-10(12(14)15)11(9)6-8/h1-6H,7H2. The molecule has 2 aromatic rings. The van der Waals surface area contributed by atoms with Crippen molar-refractivity contribution in [1.82, 2.24) is 0 Å². The molecule has 0 unspecified atom stereocenters. The lowest BCUT2D eigenvalue weighted by Crippen LogP contribution is -1.91. The van der Waals surface area contributed by atoms with Gasteiger partial charge in [0.05, 0.1) is 0 Å². The number of hydrogen-bond donors (Lipinski definition) is 0. The van der Waals surface area contributed by atoms with E-state index in [0.717, 1.165) is 16.3 Å². The highest BCUT2D eigenvalue weighted by molar-refractivity contribution is 6.68. The van der Waals surface area contributed by atoms with E-state index in [2.05, 4.69) is 0 Å². The third kappa shape index (κ3) is 1.99. The van der Waals surface area contributed by atoms with Crippen LogP contribution >= 0.6 is 23.2 Å². The van der Waals surface area contributed by atoms with Gasteiger partial charge in [-0.1, -0.05) is 24.3 Å². The predicted octanol–water partition coefficient (Wildman–Crippen LogP) is 3.96. The Balaban J connectivity index is 2.76. The smallest absolute Gasteiger partial charge is 0.253 e. The van der Waals surface area contributed by atoms with E-state index < -0.39 is 5.24 Å². The molecule has 15 heavy (non-hydrogen) atoms. The van der Waals surface area contributed by atoms with Crippen LogP contribution in [0.5, 0.6) is 0 Å². The van der Waals surface area contributed by atoms with Crippen molar-refractivity contribution in [2.45, 2.75) is 5.88 Å². The molecular formula is C12H8Cl2O. The van der Waals surface area contributed by atoms with Crippen molar-refractivity contribution < 1.29 is 4.79 Å². The fourth-order valence-corrected chi connectivity index (χ4v) is 1.91. The number of rotatable bonds is 2. The third-order valence-corrected chi connectivity index (χ3v) is 2.82. The monoisotopic (exact) mass is 238 g/mol. The minimum absolute atomic E-state index is 0.431. The van der Waals surface area contributed by atoms with Crippen LogP contribution in [0.15, 0.2) is 36.4 Å². The summed E-state index contributed by atoms with van der Waals surface area (Å²) in [5.74, 6) is 0.431. The fourth-order valence-electron chi connectivity index (χ4n) is 1.57. The molecule has 76 valence electrons. The van der Waals surface area contributed by atoms with E-state index in [4.69, 9.17) is 23.2 Å². The molecule has 0 aromatic heterocycles. The first-order valence-corrected chi connectivity index (χ1v) is 5.41. The molecule has 1 nitrogen and oxygen atoms in total. The Morgan fingerprint density at radius 1 is 1.20 bits per heavy atom. The number of hydrogen-bond acceptors (Lipinski definition) is 1. The maximum Gasteiger partial charge on any atom is 0.253 e. The largest absolute Gasteiger partial charge is 0.276 e. The van der Waals surface area contributed by atoms with Gasteiger partial charge >= 0.3 is 0 Å². The molecule has 0 atom stereocenters. The second kappa shape index (κ2) is 4.21. The molecule has 3 heteroatoms. The number of carbonyl (C=O) groups excluding carboxylic acids is 1. The van der Waals surface area contributed by atoms with Gasteiger partial charge in [-0.3, -0.25) is 4.79 Å². The first-order valence-electron chi connectivity index (χ1n) is 4.50. The quantitative estimate of drug-likeness (QED) is 0.572. The zero-order chi connectivity index (χ0) is 10.8. The van der Waals surface area contributed by atoms with E-state index in [1.54, 1.807) is 6.07 Å². The number of fused-ring (bicyclic) bond motifs is 1. The van der Waals surface area contributed by atoms with Gasteiger partial charge in [0.2, 0.25) is 0 Å². The molecule has 0 fully saturated rings. The average Bonchev–Trinajstić information content (AvgIpc) is 2.27. The third-order valence-electron chi connectivity index (χ3n) is 2.31. The molecule has 0 N–H and O–H groups in total. The second-order valence-electron chi connectivity index (χ2n) is 3.27. The van der Waals surface area contributed by atoms with Crippen LogP contribution < -0.4 is 0 Å². The Kier molecular flexibility index (Phi) is 2.94. The van der Waals surface area contributed by atoms with Gasteiger partial charge in [-0.2, -0.15) is 0 Å². The van der Waals surface area contributed by atoms with Crippen molar-refractivity contribution in [1.29, 1.82) is 0 Å². The van der Waals surface area contributed by atoms with Crippen LogP contribution in [0.1, 0.15) is 15.9 Å². The Labute approximate surface area is 97.6 Å². The van der Waals surface area contributed by atoms with E-state index in [1.165, 1.54) is 0 Å². The summed E-state index contributed by atoms with van der Waals surface area (Å²) in [5.41, 5.74) is 1.51. The van der Waals surface area contributed by atoms with Crippen molar-refractivity contribution in [3.63, 3.8) is 0 Å². The molecule has 0 aliphatic carbocycles. The molecule has 0 saturated heterocycles. The van der Waals surface area contributed by atoms with Crippen molar-refractivity contribution in [2.24, 2.45) is 0 Å². The molecule has 0 aliphatic rings. The van der Waals surface area contributed by atoms with Crippen molar-refractivity contribution in [2.75, 3.05) is 0 Å². The van der Waals surface area contributed by atoms with Gasteiger partial charge in [0.25, 0.3) is 5.24 Å². The lowest BCUT2D eigenvalue weighted by atomic mass is 10.0. The van der Waals surface area contributed by atoms with E-state index in [9.17, 15) is 4.79 Å². The van der Waals surface area contributed by atoms with Gasteiger partial charge in [0.1, 0.15) is 0 Å². The van der Waals surface area contributed by atoms with Crippen molar-refractivity contribution >= 4 is 39.2 Å². The number of benzene rings is 2.